The van der Waals surface area contributed by atoms with Gasteiger partial charge < -0.3 is 25.6 Å². The maximum Gasteiger partial charge on any atom is 0.305 e. The van der Waals surface area contributed by atoms with E-state index in [9.17, 15) is 14.7 Å². The Bertz CT molecular complexity index is 1480. The minimum Gasteiger partial charge on any atom is -0.506 e. The number of amides is 1. The van der Waals surface area contributed by atoms with E-state index in [0.29, 0.717) is 38.1 Å². The number of phenolic OH excluding ortho intramolecular Hbond substituents is 1. The van der Waals surface area contributed by atoms with Crippen molar-refractivity contribution >= 4 is 39.1 Å². The van der Waals surface area contributed by atoms with Crippen molar-refractivity contribution in [3.8, 4) is 5.75 Å². The number of carbonyl (C=O) groups is 1. The number of halogens is 1. The number of rotatable bonds is 13. The lowest BCUT2D eigenvalue weighted by Gasteiger charge is -2.29. The first-order valence-corrected chi connectivity index (χ1v) is 15.0. The maximum absolute atomic E-state index is 13.4. The van der Waals surface area contributed by atoms with Crippen LogP contribution in [0, 0.1) is 0 Å². The molecule has 0 bridgehead atoms. The number of H-pyrrole nitrogens is 1. The van der Waals surface area contributed by atoms with Crippen LogP contribution in [0.4, 0.5) is 0 Å². The Labute approximate surface area is 243 Å². The molecule has 0 saturated heterocycles. The molecule has 0 spiro atoms. The second-order valence-corrected chi connectivity index (χ2v) is 11.7. The first kappa shape index (κ1) is 28.4. The summed E-state index contributed by atoms with van der Waals surface area (Å²) in [5.74, 6) is 0.271. The van der Waals surface area contributed by atoms with Crippen molar-refractivity contribution in [2.24, 2.45) is 0 Å². The molecular weight excluding hydrogens is 544 g/mol. The predicted molar refractivity (Wildman–Crippen MR) is 163 cm³/mol. The first-order valence-electron chi connectivity index (χ1n) is 13.8. The Morgan fingerprint density at radius 3 is 2.40 bits per heavy atom. The van der Waals surface area contributed by atoms with Crippen LogP contribution in [0.3, 0.4) is 0 Å². The third-order valence-electron chi connectivity index (χ3n) is 7.55. The van der Waals surface area contributed by atoms with Gasteiger partial charge in [0.05, 0.1) is 4.70 Å². The largest absolute Gasteiger partial charge is 0.506 e. The normalized spacial score (nSPS) is 13.1. The molecule has 0 atom stereocenters. The summed E-state index contributed by atoms with van der Waals surface area (Å²) in [5.41, 5.74) is 5.42. The number of nitrogens with one attached hydrogen (secondary N) is 3. The van der Waals surface area contributed by atoms with Crippen molar-refractivity contribution in [3.05, 3.63) is 97.6 Å². The third kappa shape index (κ3) is 7.12. The summed E-state index contributed by atoms with van der Waals surface area (Å²) in [4.78, 5) is 29.8. The van der Waals surface area contributed by atoms with Crippen LogP contribution in [0.25, 0.3) is 10.2 Å². The summed E-state index contributed by atoms with van der Waals surface area (Å²) < 4.78 is 0.802. The molecule has 7 nitrogen and oxygen atoms in total. The molecule has 0 radical (unpaired) electrons. The summed E-state index contributed by atoms with van der Waals surface area (Å²) >= 11 is 7.09. The van der Waals surface area contributed by atoms with Crippen molar-refractivity contribution in [2.45, 2.75) is 38.1 Å². The molecule has 1 amide bonds. The molecular formula is C31H35ClN4O3S. The number of fused-ring (bicyclic) bond motifs is 2. The van der Waals surface area contributed by atoms with Crippen LogP contribution >= 0.6 is 22.9 Å². The smallest absolute Gasteiger partial charge is 0.305 e. The van der Waals surface area contributed by atoms with Gasteiger partial charge in [0.25, 0.3) is 0 Å². The standard InChI is InChI=1S/C31H35ClN4O3S/c32-25-8-5-21(6-9-25)11-14-33-16-13-28(38)36(26-19-23-3-1-2-4-24(23)20-26)18-17-34-15-12-22-7-10-27(37)29-30(22)40-31(39)35-29/h1-10,26,33-34,37H,11-20H2,(H,35,39). The average Bonchev–Trinajstić information content (AvgIpc) is 3.56. The predicted octanol–water partition coefficient (Wildman–Crippen LogP) is 4.30. The van der Waals surface area contributed by atoms with Crippen LogP contribution < -0.4 is 15.5 Å². The van der Waals surface area contributed by atoms with Gasteiger partial charge >= 0.3 is 4.87 Å². The Hall–Kier alpha value is -3.17. The zero-order valence-corrected chi connectivity index (χ0v) is 24.0. The monoisotopic (exact) mass is 578 g/mol. The van der Waals surface area contributed by atoms with E-state index >= 15 is 0 Å². The fourth-order valence-electron chi connectivity index (χ4n) is 5.43. The number of hydrogen-bond acceptors (Lipinski definition) is 6. The average molecular weight is 579 g/mol. The zero-order chi connectivity index (χ0) is 27.9. The highest BCUT2D eigenvalue weighted by atomic mass is 35.5. The van der Waals surface area contributed by atoms with Crippen LogP contribution in [0.1, 0.15) is 28.7 Å². The molecule has 3 aromatic carbocycles. The van der Waals surface area contributed by atoms with Crippen LogP contribution in [0.15, 0.2) is 65.5 Å². The summed E-state index contributed by atoms with van der Waals surface area (Å²) in [6, 6.07) is 20.0. The number of benzene rings is 3. The van der Waals surface area contributed by atoms with Gasteiger partial charge in [0, 0.05) is 37.1 Å². The molecule has 0 saturated carbocycles. The Morgan fingerprint density at radius 1 is 0.950 bits per heavy atom. The molecule has 5 rings (SSSR count). The molecule has 0 fully saturated rings. The van der Waals surface area contributed by atoms with Crippen molar-refractivity contribution < 1.29 is 9.90 Å². The van der Waals surface area contributed by atoms with E-state index in [1.54, 1.807) is 6.07 Å². The summed E-state index contributed by atoms with van der Waals surface area (Å²) in [6.07, 6.45) is 3.87. The van der Waals surface area contributed by atoms with Crippen LogP contribution in [-0.2, 0) is 30.5 Å². The zero-order valence-electron chi connectivity index (χ0n) is 22.4. The number of thiazole rings is 1. The fraction of sp³-hybridized carbons (Fsp3) is 0.355. The van der Waals surface area contributed by atoms with Gasteiger partial charge in [0.2, 0.25) is 5.91 Å². The summed E-state index contributed by atoms with van der Waals surface area (Å²) in [6.45, 7) is 3.50. The Balaban J connectivity index is 1.12. The number of phenols is 1. The molecule has 4 aromatic rings. The van der Waals surface area contributed by atoms with Gasteiger partial charge in [-0.3, -0.25) is 9.59 Å². The number of carbonyl (C=O) groups excluding carboxylic acids is 1. The maximum atomic E-state index is 13.4. The molecule has 0 aliphatic heterocycles. The van der Waals surface area contributed by atoms with Crippen LogP contribution in [0.5, 0.6) is 5.75 Å². The van der Waals surface area contributed by atoms with E-state index in [1.807, 2.05) is 30.3 Å². The lowest BCUT2D eigenvalue weighted by Crippen LogP contribution is -2.45. The minimum absolute atomic E-state index is 0.0937. The van der Waals surface area contributed by atoms with Gasteiger partial charge in [-0.25, -0.2) is 0 Å². The quantitative estimate of drug-likeness (QED) is 0.177. The van der Waals surface area contributed by atoms with E-state index in [1.165, 1.54) is 16.7 Å². The van der Waals surface area contributed by atoms with Crippen molar-refractivity contribution in [1.29, 1.82) is 0 Å². The number of hydrogen-bond donors (Lipinski definition) is 4. The fourth-order valence-corrected chi connectivity index (χ4v) is 6.46. The molecule has 1 heterocycles. The summed E-state index contributed by atoms with van der Waals surface area (Å²) in [5, 5.41) is 17.7. The molecule has 210 valence electrons. The van der Waals surface area contributed by atoms with E-state index in [-0.39, 0.29) is 22.6 Å². The number of aromatic nitrogens is 1. The molecule has 4 N–H and O–H groups in total. The minimum atomic E-state index is -0.170. The second kappa shape index (κ2) is 13.5. The summed E-state index contributed by atoms with van der Waals surface area (Å²) in [7, 11) is 0. The molecule has 40 heavy (non-hydrogen) atoms. The third-order valence-corrected chi connectivity index (χ3v) is 8.76. The van der Waals surface area contributed by atoms with Crippen LogP contribution in [-0.4, -0.2) is 59.7 Å². The molecule has 0 unspecified atom stereocenters. The number of aromatic hydroxyl groups is 1. The topological polar surface area (TPSA) is 97.5 Å². The highest BCUT2D eigenvalue weighted by molar-refractivity contribution is 7.16. The van der Waals surface area contributed by atoms with Gasteiger partial charge in [-0.05, 0) is 79.2 Å². The number of nitrogens with zero attached hydrogens (tertiary/aromatic N) is 1. The first-order chi connectivity index (χ1) is 19.5. The molecule has 1 aliphatic rings. The highest BCUT2D eigenvalue weighted by Gasteiger charge is 2.29. The van der Waals surface area contributed by atoms with Crippen molar-refractivity contribution in [2.75, 3.05) is 32.7 Å². The van der Waals surface area contributed by atoms with E-state index in [0.717, 1.165) is 58.9 Å². The SMILES string of the molecule is O=C(CCNCCc1ccc(Cl)cc1)N(CCNCCc1ccc(O)c2[nH]c(=O)sc12)C1Cc2ccccc2C1. The highest BCUT2D eigenvalue weighted by Crippen LogP contribution is 2.28. The Kier molecular flexibility index (Phi) is 9.54. The molecule has 9 heteroatoms. The lowest BCUT2D eigenvalue weighted by atomic mass is 10.1. The van der Waals surface area contributed by atoms with Gasteiger partial charge in [0.1, 0.15) is 11.3 Å². The van der Waals surface area contributed by atoms with Gasteiger partial charge in [-0.15, -0.1) is 0 Å². The van der Waals surface area contributed by atoms with Gasteiger partial charge in [-0.2, -0.15) is 0 Å². The molecule has 1 aromatic heterocycles. The van der Waals surface area contributed by atoms with E-state index in [4.69, 9.17) is 11.6 Å². The Morgan fingerprint density at radius 2 is 1.65 bits per heavy atom. The van der Waals surface area contributed by atoms with E-state index < -0.39 is 0 Å². The lowest BCUT2D eigenvalue weighted by molar-refractivity contribution is -0.133. The second-order valence-electron chi connectivity index (χ2n) is 10.3. The van der Waals surface area contributed by atoms with Crippen molar-refractivity contribution in [1.82, 2.24) is 20.5 Å². The van der Waals surface area contributed by atoms with Gasteiger partial charge in [0.15, 0.2) is 0 Å². The van der Waals surface area contributed by atoms with Gasteiger partial charge in [-0.1, -0.05) is 65.4 Å². The molecule has 1 aliphatic carbocycles. The van der Waals surface area contributed by atoms with Crippen molar-refractivity contribution in [3.63, 3.8) is 0 Å². The van der Waals surface area contributed by atoms with Crippen LogP contribution in [0.2, 0.25) is 5.02 Å². The van der Waals surface area contributed by atoms with E-state index in [2.05, 4.69) is 44.8 Å². The number of aromatic amines is 1.